The Morgan fingerprint density at radius 2 is 2.07 bits per heavy atom. The summed E-state index contributed by atoms with van der Waals surface area (Å²) >= 11 is 1.77. The van der Waals surface area contributed by atoms with Crippen LogP contribution in [0.5, 0.6) is 0 Å². The van der Waals surface area contributed by atoms with Crippen LogP contribution in [0.15, 0.2) is 35.2 Å². The van der Waals surface area contributed by atoms with E-state index in [1.54, 1.807) is 11.8 Å². The van der Waals surface area contributed by atoms with Crippen LogP contribution in [-0.4, -0.2) is 18.8 Å². The van der Waals surface area contributed by atoms with Gasteiger partial charge in [-0.3, -0.25) is 4.79 Å². The molecule has 0 amide bonds. The van der Waals surface area contributed by atoms with Gasteiger partial charge in [-0.1, -0.05) is 18.2 Å². The Hall–Kier alpha value is -0.960. The molecule has 0 aliphatic heterocycles. The normalized spacial score (nSPS) is 9.79. The van der Waals surface area contributed by atoms with Crippen molar-refractivity contribution < 1.29 is 9.53 Å². The number of ether oxygens (including phenoxy) is 1. The molecule has 0 unspecified atom stereocenters. The van der Waals surface area contributed by atoms with Gasteiger partial charge in [-0.25, -0.2) is 0 Å². The summed E-state index contributed by atoms with van der Waals surface area (Å²) in [6.07, 6.45) is 1.38. The molecule has 2 nitrogen and oxygen atoms in total. The molecular weight excluding hydrogens is 196 g/mol. The highest BCUT2D eigenvalue weighted by Crippen LogP contribution is 2.18. The minimum atomic E-state index is -0.126. The van der Waals surface area contributed by atoms with E-state index in [1.807, 2.05) is 18.2 Å². The van der Waals surface area contributed by atoms with Gasteiger partial charge in [-0.15, -0.1) is 11.8 Å². The van der Waals surface area contributed by atoms with Crippen LogP contribution in [0, 0.1) is 0 Å². The van der Waals surface area contributed by atoms with E-state index in [1.165, 1.54) is 12.0 Å². The Morgan fingerprint density at radius 1 is 1.36 bits per heavy atom. The molecule has 0 N–H and O–H groups in total. The van der Waals surface area contributed by atoms with E-state index >= 15 is 0 Å². The van der Waals surface area contributed by atoms with E-state index in [0.717, 1.165) is 12.2 Å². The first-order valence-corrected chi connectivity index (χ1v) is 5.56. The third-order valence-corrected chi connectivity index (χ3v) is 2.86. The summed E-state index contributed by atoms with van der Waals surface area (Å²) in [6, 6.07) is 10.2. The Bertz CT molecular complexity index is 272. The maximum atomic E-state index is 10.8. The molecule has 14 heavy (non-hydrogen) atoms. The zero-order valence-electron chi connectivity index (χ0n) is 8.23. The Labute approximate surface area is 88.7 Å². The Morgan fingerprint density at radius 3 is 2.71 bits per heavy atom. The lowest BCUT2D eigenvalue weighted by Gasteiger charge is -2.00. The molecule has 0 bridgehead atoms. The third-order valence-electron chi connectivity index (χ3n) is 1.76. The average Bonchev–Trinajstić information content (AvgIpc) is 2.25. The van der Waals surface area contributed by atoms with E-state index in [4.69, 9.17) is 0 Å². The largest absolute Gasteiger partial charge is 0.469 e. The molecule has 0 fully saturated rings. The van der Waals surface area contributed by atoms with Crippen molar-refractivity contribution in [3.63, 3.8) is 0 Å². The quantitative estimate of drug-likeness (QED) is 0.424. The fourth-order valence-corrected chi connectivity index (χ4v) is 1.90. The van der Waals surface area contributed by atoms with Crippen molar-refractivity contribution in [3.05, 3.63) is 30.3 Å². The van der Waals surface area contributed by atoms with Gasteiger partial charge in [-0.2, -0.15) is 0 Å². The molecule has 1 aromatic rings. The molecule has 0 aliphatic carbocycles. The first-order valence-electron chi connectivity index (χ1n) is 4.57. The molecule has 1 aromatic carbocycles. The summed E-state index contributed by atoms with van der Waals surface area (Å²) in [7, 11) is 1.42. The van der Waals surface area contributed by atoms with Gasteiger partial charge >= 0.3 is 5.97 Å². The van der Waals surface area contributed by atoms with Crippen LogP contribution in [0.25, 0.3) is 0 Å². The fourth-order valence-electron chi connectivity index (χ4n) is 1.03. The van der Waals surface area contributed by atoms with Crippen LogP contribution in [0.3, 0.4) is 0 Å². The molecule has 0 heterocycles. The van der Waals surface area contributed by atoms with Crippen LogP contribution >= 0.6 is 11.8 Å². The minimum absolute atomic E-state index is 0.126. The summed E-state index contributed by atoms with van der Waals surface area (Å²) < 4.78 is 4.55. The third kappa shape index (κ3) is 4.33. The number of thioether (sulfide) groups is 1. The van der Waals surface area contributed by atoms with Crippen LogP contribution < -0.4 is 0 Å². The lowest BCUT2D eigenvalue weighted by atomic mass is 10.3. The molecule has 0 saturated heterocycles. The minimum Gasteiger partial charge on any atom is -0.469 e. The highest BCUT2D eigenvalue weighted by atomic mass is 32.2. The number of carbonyl (C=O) groups is 1. The second-order valence-electron chi connectivity index (χ2n) is 2.84. The maximum absolute atomic E-state index is 10.8. The second kappa shape index (κ2) is 6.49. The highest BCUT2D eigenvalue weighted by molar-refractivity contribution is 7.99. The van der Waals surface area contributed by atoms with Gasteiger partial charge < -0.3 is 4.74 Å². The van der Waals surface area contributed by atoms with Crippen molar-refractivity contribution >= 4 is 17.7 Å². The number of rotatable bonds is 5. The van der Waals surface area contributed by atoms with E-state index < -0.39 is 0 Å². The van der Waals surface area contributed by atoms with Crippen LogP contribution in [0.4, 0.5) is 0 Å². The van der Waals surface area contributed by atoms with Crippen LogP contribution in [0.2, 0.25) is 0 Å². The van der Waals surface area contributed by atoms with Crippen molar-refractivity contribution in [2.75, 3.05) is 12.9 Å². The predicted molar refractivity (Wildman–Crippen MR) is 58.4 cm³/mol. The summed E-state index contributed by atoms with van der Waals surface area (Å²) in [5, 5.41) is 0. The SMILES string of the molecule is COC(=O)CCCSc1ccccc1. The van der Waals surface area contributed by atoms with Crippen LogP contribution in [-0.2, 0) is 9.53 Å². The van der Waals surface area contributed by atoms with Crippen molar-refractivity contribution in [1.82, 2.24) is 0 Å². The topological polar surface area (TPSA) is 26.3 Å². The van der Waals surface area contributed by atoms with Gasteiger partial charge in [0.15, 0.2) is 0 Å². The lowest BCUT2D eigenvalue weighted by Crippen LogP contribution is -1.99. The summed E-state index contributed by atoms with van der Waals surface area (Å²) in [4.78, 5) is 12.0. The standard InChI is InChI=1S/C11H14O2S/c1-13-11(12)8-5-9-14-10-6-3-2-4-7-10/h2-4,6-7H,5,8-9H2,1H3. The van der Waals surface area contributed by atoms with E-state index in [0.29, 0.717) is 6.42 Å². The maximum Gasteiger partial charge on any atom is 0.305 e. The monoisotopic (exact) mass is 210 g/mol. The zero-order valence-corrected chi connectivity index (χ0v) is 9.05. The summed E-state index contributed by atoms with van der Waals surface area (Å²) in [6.45, 7) is 0. The van der Waals surface area contributed by atoms with Gasteiger partial charge in [0.1, 0.15) is 0 Å². The molecular formula is C11H14O2S. The number of benzene rings is 1. The molecule has 0 saturated carbocycles. The molecule has 3 heteroatoms. The molecule has 1 rings (SSSR count). The number of esters is 1. The van der Waals surface area contributed by atoms with E-state index in [-0.39, 0.29) is 5.97 Å². The number of methoxy groups -OCH3 is 1. The Balaban J connectivity index is 2.13. The van der Waals surface area contributed by atoms with Crippen molar-refractivity contribution in [1.29, 1.82) is 0 Å². The van der Waals surface area contributed by atoms with Gasteiger partial charge in [0, 0.05) is 11.3 Å². The number of hydrogen-bond acceptors (Lipinski definition) is 3. The lowest BCUT2D eigenvalue weighted by molar-refractivity contribution is -0.140. The molecule has 0 spiro atoms. The fraction of sp³-hybridized carbons (Fsp3) is 0.364. The zero-order chi connectivity index (χ0) is 10.2. The molecule has 76 valence electrons. The first kappa shape index (κ1) is 11.1. The first-order chi connectivity index (χ1) is 6.83. The highest BCUT2D eigenvalue weighted by Gasteiger charge is 1.99. The molecule has 0 aromatic heterocycles. The Kier molecular flexibility index (Phi) is 5.15. The summed E-state index contributed by atoms with van der Waals surface area (Å²) in [5.41, 5.74) is 0. The van der Waals surface area contributed by atoms with Gasteiger partial charge in [0.25, 0.3) is 0 Å². The number of carbonyl (C=O) groups excluding carboxylic acids is 1. The van der Waals surface area contributed by atoms with Crippen molar-refractivity contribution in [2.45, 2.75) is 17.7 Å². The van der Waals surface area contributed by atoms with Crippen molar-refractivity contribution in [3.8, 4) is 0 Å². The van der Waals surface area contributed by atoms with Crippen molar-refractivity contribution in [2.24, 2.45) is 0 Å². The second-order valence-corrected chi connectivity index (χ2v) is 4.01. The van der Waals surface area contributed by atoms with E-state index in [2.05, 4.69) is 16.9 Å². The summed E-state index contributed by atoms with van der Waals surface area (Å²) in [5.74, 6) is 0.831. The van der Waals surface area contributed by atoms with E-state index in [9.17, 15) is 4.79 Å². The van der Waals surface area contributed by atoms with Gasteiger partial charge in [0.2, 0.25) is 0 Å². The smallest absolute Gasteiger partial charge is 0.305 e. The molecule has 0 aliphatic rings. The van der Waals surface area contributed by atoms with Crippen LogP contribution in [0.1, 0.15) is 12.8 Å². The molecule has 0 atom stereocenters. The number of hydrogen-bond donors (Lipinski definition) is 0. The van der Waals surface area contributed by atoms with Gasteiger partial charge in [0.05, 0.1) is 7.11 Å². The average molecular weight is 210 g/mol. The molecule has 0 radical (unpaired) electrons. The predicted octanol–water partition coefficient (Wildman–Crippen LogP) is 2.73. The van der Waals surface area contributed by atoms with Gasteiger partial charge in [-0.05, 0) is 24.3 Å².